The van der Waals surface area contributed by atoms with Gasteiger partial charge in [0.05, 0.1) is 0 Å². The van der Waals surface area contributed by atoms with Crippen LogP contribution in [0.3, 0.4) is 0 Å². The normalized spacial score (nSPS) is 30.6. The van der Waals surface area contributed by atoms with E-state index >= 15 is 0 Å². The Morgan fingerprint density at radius 3 is 2.71 bits per heavy atom. The van der Waals surface area contributed by atoms with E-state index in [0.29, 0.717) is 5.75 Å². The molecule has 1 aliphatic heterocycles. The van der Waals surface area contributed by atoms with Crippen LogP contribution in [-0.2, 0) is 0 Å². The van der Waals surface area contributed by atoms with Gasteiger partial charge in [0.2, 0.25) is 0 Å². The number of alkyl halides is 1. The molecule has 1 heterocycles. The van der Waals surface area contributed by atoms with E-state index in [-0.39, 0.29) is 0 Å². The quantitative estimate of drug-likeness (QED) is 0.472. The highest BCUT2D eigenvalue weighted by Gasteiger charge is 2.17. The topological polar surface area (TPSA) is 0 Å². The van der Waals surface area contributed by atoms with Crippen molar-refractivity contribution in [3.8, 4) is 0 Å². The van der Waals surface area contributed by atoms with E-state index in [9.17, 15) is 8.78 Å². The van der Waals surface area contributed by atoms with Crippen molar-refractivity contribution in [2.75, 3.05) is 5.75 Å². The Morgan fingerprint density at radius 1 is 1.86 bits per heavy atom. The van der Waals surface area contributed by atoms with Crippen LogP contribution in [0.15, 0.2) is 11.9 Å². The van der Waals surface area contributed by atoms with Crippen LogP contribution in [0.1, 0.15) is 0 Å². The summed E-state index contributed by atoms with van der Waals surface area (Å²) in [5, 5.41) is 0. The molecule has 0 N–H and O–H groups in total. The van der Waals surface area contributed by atoms with Crippen LogP contribution in [0.2, 0.25) is 0 Å². The Balaban J connectivity index is 2.54. The Bertz CT molecular complexity index is 99.9. The molecule has 1 rings (SSSR count). The minimum atomic E-state index is -1.38. The molecule has 0 radical (unpaired) electrons. The minimum Gasteiger partial charge on any atom is -0.228 e. The third kappa shape index (κ3) is 0.938. The van der Waals surface area contributed by atoms with Gasteiger partial charge in [-0.1, -0.05) is 0 Å². The molecule has 0 fully saturated rings. The maximum absolute atomic E-state index is 11.8. The van der Waals surface area contributed by atoms with Crippen LogP contribution in [0.5, 0.6) is 0 Å². The van der Waals surface area contributed by atoms with Crippen molar-refractivity contribution in [1.82, 2.24) is 0 Å². The summed E-state index contributed by atoms with van der Waals surface area (Å²) in [6, 6.07) is 0. The van der Waals surface area contributed by atoms with Crippen molar-refractivity contribution >= 4 is 11.8 Å². The Labute approximate surface area is 44.6 Å². The maximum atomic E-state index is 11.8. The highest BCUT2D eigenvalue weighted by molar-refractivity contribution is 8.00. The summed E-state index contributed by atoms with van der Waals surface area (Å²) in [6.45, 7) is 0. The second-order valence-corrected chi connectivity index (χ2v) is 2.32. The van der Waals surface area contributed by atoms with Gasteiger partial charge in [-0.05, 0) is 6.08 Å². The van der Waals surface area contributed by atoms with Crippen molar-refractivity contribution in [3.63, 3.8) is 0 Å². The van der Waals surface area contributed by atoms with E-state index in [1.807, 2.05) is 0 Å². The van der Waals surface area contributed by atoms with Gasteiger partial charge in [-0.25, -0.2) is 8.78 Å². The van der Waals surface area contributed by atoms with Crippen molar-refractivity contribution in [1.29, 1.82) is 0 Å². The van der Waals surface area contributed by atoms with E-state index in [4.69, 9.17) is 0 Å². The van der Waals surface area contributed by atoms with E-state index < -0.39 is 11.3 Å². The Morgan fingerprint density at radius 2 is 2.57 bits per heavy atom. The standard InChI is InChI=1S/C4H4F2S/c5-3-1-2-7-4(3)6/h1,4H,2H2. The van der Waals surface area contributed by atoms with Gasteiger partial charge in [0, 0.05) is 5.75 Å². The van der Waals surface area contributed by atoms with Gasteiger partial charge in [-0.3, -0.25) is 0 Å². The van der Waals surface area contributed by atoms with Crippen molar-refractivity contribution in [2.45, 2.75) is 5.50 Å². The monoisotopic (exact) mass is 122 g/mol. The zero-order chi connectivity index (χ0) is 5.28. The van der Waals surface area contributed by atoms with Gasteiger partial charge in [-0.2, -0.15) is 0 Å². The molecule has 0 spiro atoms. The summed E-state index contributed by atoms with van der Waals surface area (Å²) in [6.07, 6.45) is 1.26. The van der Waals surface area contributed by atoms with Gasteiger partial charge in [0.15, 0.2) is 5.50 Å². The molecule has 1 unspecified atom stereocenters. The fraction of sp³-hybridized carbons (Fsp3) is 0.500. The Hall–Kier alpha value is -0.0500. The van der Waals surface area contributed by atoms with Gasteiger partial charge in [0.1, 0.15) is 5.83 Å². The molecule has 0 saturated heterocycles. The van der Waals surface area contributed by atoms with Crippen LogP contribution >= 0.6 is 11.8 Å². The molecule has 0 saturated carbocycles. The van der Waals surface area contributed by atoms with E-state index in [0.717, 1.165) is 11.8 Å². The average Bonchev–Trinajstić information content (AvgIpc) is 1.91. The summed E-state index contributed by atoms with van der Waals surface area (Å²) in [5.41, 5.74) is -1.38. The van der Waals surface area contributed by atoms with Crippen molar-refractivity contribution < 1.29 is 8.78 Å². The highest BCUT2D eigenvalue weighted by atomic mass is 32.2. The molecule has 40 valence electrons. The van der Waals surface area contributed by atoms with Crippen LogP contribution in [0, 0.1) is 0 Å². The second-order valence-electron chi connectivity index (χ2n) is 1.24. The second kappa shape index (κ2) is 1.82. The lowest BCUT2D eigenvalue weighted by molar-refractivity contribution is 0.429. The largest absolute Gasteiger partial charge is 0.228 e. The lowest BCUT2D eigenvalue weighted by Gasteiger charge is -1.89. The third-order valence-electron chi connectivity index (χ3n) is 0.738. The fourth-order valence-electron chi connectivity index (χ4n) is 0.384. The lowest BCUT2D eigenvalue weighted by Crippen LogP contribution is -1.84. The fourth-order valence-corrected chi connectivity index (χ4v) is 1.06. The van der Waals surface area contributed by atoms with Gasteiger partial charge in [0.25, 0.3) is 0 Å². The lowest BCUT2D eigenvalue weighted by atomic mass is 10.5. The number of hydrogen-bond donors (Lipinski definition) is 0. The molecule has 0 bridgehead atoms. The highest BCUT2D eigenvalue weighted by Crippen LogP contribution is 2.27. The third-order valence-corrected chi connectivity index (χ3v) is 1.61. The van der Waals surface area contributed by atoms with Crippen LogP contribution in [0.25, 0.3) is 0 Å². The number of halogens is 2. The van der Waals surface area contributed by atoms with Crippen molar-refractivity contribution in [3.05, 3.63) is 11.9 Å². The molecule has 3 heteroatoms. The van der Waals surface area contributed by atoms with Crippen LogP contribution in [0.4, 0.5) is 8.78 Å². The van der Waals surface area contributed by atoms with E-state index in [1.165, 1.54) is 6.08 Å². The molecule has 1 atom stereocenters. The summed E-state index contributed by atoms with van der Waals surface area (Å²) in [4.78, 5) is 0. The number of rotatable bonds is 0. The molecule has 1 aliphatic rings. The molecular weight excluding hydrogens is 118 g/mol. The molecule has 0 aliphatic carbocycles. The van der Waals surface area contributed by atoms with Gasteiger partial charge in [-0.15, -0.1) is 11.8 Å². The van der Waals surface area contributed by atoms with E-state index in [1.54, 1.807) is 0 Å². The first-order valence-electron chi connectivity index (χ1n) is 1.92. The molecule has 0 aromatic rings. The zero-order valence-electron chi connectivity index (χ0n) is 3.53. The predicted molar refractivity (Wildman–Crippen MR) is 26.5 cm³/mol. The van der Waals surface area contributed by atoms with Gasteiger partial charge >= 0.3 is 0 Å². The molecule has 0 aromatic heterocycles. The minimum absolute atomic E-state index is 0.479. The first-order valence-corrected chi connectivity index (χ1v) is 2.97. The molecule has 0 aromatic carbocycles. The molecule has 0 amide bonds. The van der Waals surface area contributed by atoms with Crippen molar-refractivity contribution in [2.24, 2.45) is 0 Å². The maximum Gasteiger partial charge on any atom is 0.197 e. The van der Waals surface area contributed by atoms with Crippen LogP contribution in [-0.4, -0.2) is 11.3 Å². The predicted octanol–water partition coefficient (Wildman–Crippen LogP) is 1.88. The number of hydrogen-bond acceptors (Lipinski definition) is 1. The van der Waals surface area contributed by atoms with Gasteiger partial charge < -0.3 is 0 Å². The Kier molecular flexibility index (Phi) is 1.32. The number of thioether (sulfide) groups is 1. The first-order chi connectivity index (χ1) is 3.30. The zero-order valence-corrected chi connectivity index (χ0v) is 4.34. The SMILES string of the molecule is FC1=CCSC1F. The average molecular weight is 122 g/mol. The smallest absolute Gasteiger partial charge is 0.197 e. The summed E-state index contributed by atoms with van der Waals surface area (Å²) >= 11 is 0.971. The molecule has 7 heavy (non-hydrogen) atoms. The summed E-state index contributed by atoms with van der Waals surface area (Å²) in [7, 11) is 0. The van der Waals surface area contributed by atoms with E-state index in [2.05, 4.69) is 0 Å². The molecular formula is C4H4F2S. The summed E-state index contributed by atoms with van der Waals surface area (Å²) in [5.74, 6) is -0.141. The first kappa shape index (κ1) is 5.09. The summed E-state index contributed by atoms with van der Waals surface area (Å²) < 4.78 is 23.6. The molecule has 0 nitrogen and oxygen atoms in total. The van der Waals surface area contributed by atoms with Crippen LogP contribution < -0.4 is 0 Å².